The second-order valence-corrected chi connectivity index (χ2v) is 2.96. The molecule has 1 amide bonds. The van der Waals surface area contributed by atoms with Gasteiger partial charge in [0.25, 0.3) is 0 Å². The summed E-state index contributed by atoms with van der Waals surface area (Å²) in [6.45, 7) is 1.98. The lowest BCUT2D eigenvalue weighted by atomic mass is 10.5. The van der Waals surface area contributed by atoms with E-state index in [2.05, 4.69) is 21.5 Å². The highest BCUT2D eigenvalue weighted by atomic mass is 16.1. The van der Waals surface area contributed by atoms with Crippen LogP contribution in [0.2, 0.25) is 0 Å². The summed E-state index contributed by atoms with van der Waals surface area (Å²) >= 11 is 0. The summed E-state index contributed by atoms with van der Waals surface area (Å²) in [5, 5.41) is 5.57. The Kier molecular flexibility index (Phi) is 4.98. The molecular formula is C10H14N4O. The summed E-state index contributed by atoms with van der Waals surface area (Å²) in [7, 11) is 0. The van der Waals surface area contributed by atoms with Crippen molar-refractivity contribution in [2.24, 2.45) is 0 Å². The van der Waals surface area contributed by atoms with Gasteiger partial charge in [0.2, 0.25) is 5.91 Å². The van der Waals surface area contributed by atoms with E-state index in [9.17, 15) is 4.79 Å². The van der Waals surface area contributed by atoms with Crippen LogP contribution >= 0.6 is 0 Å². The van der Waals surface area contributed by atoms with Gasteiger partial charge in [-0.2, -0.15) is 0 Å². The summed E-state index contributed by atoms with van der Waals surface area (Å²) in [5.41, 5.74) is 0. The van der Waals surface area contributed by atoms with Crippen LogP contribution in [0.25, 0.3) is 0 Å². The molecule has 1 rings (SSSR count). The van der Waals surface area contributed by atoms with Gasteiger partial charge >= 0.3 is 0 Å². The number of imidazole rings is 1. The standard InChI is InChI=1S/C10H14N4O/c1-2-3-11-8-10(15)13-5-7-14-6-4-12-9-14/h1,4,6,9,11H,3,5,7-8H2,(H,13,15). The molecule has 0 unspecified atom stereocenters. The van der Waals surface area contributed by atoms with Gasteiger partial charge in [0.1, 0.15) is 0 Å². The topological polar surface area (TPSA) is 59.0 Å². The maximum absolute atomic E-state index is 11.2. The highest BCUT2D eigenvalue weighted by Crippen LogP contribution is 1.83. The normalized spacial score (nSPS) is 9.53. The molecule has 0 aromatic carbocycles. The first-order chi connectivity index (χ1) is 7.33. The number of rotatable bonds is 6. The molecule has 80 valence electrons. The zero-order valence-electron chi connectivity index (χ0n) is 8.44. The van der Waals surface area contributed by atoms with Crippen LogP contribution in [0.4, 0.5) is 0 Å². The second-order valence-electron chi connectivity index (χ2n) is 2.96. The molecule has 0 spiro atoms. The molecule has 5 nitrogen and oxygen atoms in total. The Morgan fingerprint density at radius 2 is 2.47 bits per heavy atom. The fraction of sp³-hybridized carbons (Fsp3) is 0.400. The summed E-state index contributed by atoms with van der Waals surface area (Å²) < 4.78 is 1.90. The number of aromatic nitrogens is 2. The number of hydrogen-bond donors (Lipinski definition) is 2. The van der Waals surface area contributed by atoms with E-state index in [0.29, 0.717) is 13.1 Å². The van der Waals surface area contributed by atoms with E-state index >= 15 is 0 Å². The predicted octanol–water partition coefficient (Wildman–Crippen LogP) is -0.778. The molecule has 0 aliphatic rings. The Balaban J connectivity index is 2.05. The molecule has 0 aliphatic heterocycles. The molecule has 0 aliphatic carbocycles. The van der Waals surface area contributed by atoms with Gasteiger partial charge in [-0.15, -0.1) is 6.42 Å². The number of nitrogens with one attached hydrogen (secondary N) is 2. The third kappa shape index (κ3) is 4.84. The van der Waals surface area contributed by atoms with E-state index in [4.69, 9.17) is 6.42 Å². The van der Waals surface area contributed by atoms with E-state index in [0.717, 1.165) is 6.54 Å². The maximum Gasteiger partial charge on any atom is 0.234 e. The summed E-state index contributed by atoms with van der Waals surface area (Å²) in [6.07, 6.45) is 10.3. The van der Waals surface area contributed by atoms with Crippen molar-refractivity contribution >= 4 is 5.91 Å². The lowest BCUT2D eigenvalue weighted by molar-refractivity contribution is -0.120. The first-order valence-electron chi connectivity index (χ1n) is 4.69. The van der Waals surface area contributed by atoms with E-state index in [1.54, 1.807) is 12.5 Å². The van der Waals surface area contributed by atoms with Crippen LogP contribution in [0.15, 0.2) is 18.7 Å². The van der Waals surface area contributed by atoms with Crippen LogP contribution < -0.4 is 10.6 Å². The number of hydrogen-bond acceptors (Lipinski definition) is 3. The van der Waals surface area contributed by atoms with Gasteiger partial charge in [-0.25, -0.2) is 4.98 Å². The van der Waals surface area contributed by atoms with Crippen LogP contribution in [-0.4, -0.2) is 35.1 Å². The molecule has 5 heteroatoms. The Morgan fingerprint density at radius 1 is 1.60 bits per heavy atom. The van der Waals surface area contributed by atoms with Gasteiger partial charge < -0.3 is 9.88 Å². The molecule has 1 aromatic rings. The largest absolute Gasteiger partial charge is 0.353 e. The molecular weight excluding hydrogens is 192 g/mol. The van der Waals surface area contributed by atoms with Crippen LogP contribution in [0.5, 0.6) is 0 Å². The molecule has 0 fully saturated rings. The predicted molar refractivity (Wildman–Crippen MR) is 56.9 cm³/mol. The molecule has 0 radical (unpaired) electrons. The van der Waals surface area contributed by atoms with Gasteiger partial charge in [-0.05, 0) is 0 Å². The molecule has 1 aromatic heterocycles. The zero-order chi connectivity index (χ0) is 10.9. The number of amides is 1. The van der Waals surface area contributed by atoms with Crippen molar-refractivity contribution in [3.63, 3.8) is 0 Å². The minimum atomic E-state index is -0.0506. The fourth-order valence-corrected chi connectivity index (χ4v) is 1.05. The van der Waals surface area contributed by atoms with Crippen LogP contribution in [-0.2, 0) is 11.3 Å². The third-order valence-corrected chi connectivity index (χ3v) is 1.76. The Morgan fingerprint density at radius 3 is 3.13 bits per heavy atom. The Bertz CT molecular complexity index is 326. The molecule has 1 heterocycles. The Hall–Kier alpha value is -1.80. The summed E-state index contributed by atoms with van der Waals surface area (Å²) in [4.78, 5) is 15.1. The van der Waals surface area contributed by atoms with Gasteiger partial charge in [0.05, 0.1) is 19.4 Å². The average molecular weight is 206 g/mol. The van der Waals surface area contributed by atoms with Crippen LogP contribution in [0.3, 0.4) is 0 Å². The first kappa shape index (κ1) is 11.3. The lowest BCUT2D eigenvalue weighted by Gasteiger charge is -2.05. The number of nitrogens with zero attached hydrogens (tertiary/aromatic N) is 2. The summed E-state index contributed by atoms with van der Waals surface area (Å²) in [5.74, 6) is 2.35. The SMILES string of the molecule is C#CCNCC(=O)NCCn1ccnc1. The lowest BCUT2D eigenvalue weighted by Crippen LogP contribution is -2.35. The fourth-order valence-electron chi connectivity index (χ4n) is 1.05. The average Bonchev–Trinajstić information content (AvgIpc) is 2.71. The minimum Gasteiger partial charge on any atom is -0.353 e. The van der Waals surface area contributed by atoms with E-state index < -0.39 is 0 Å². The van der Waals surface area contributed by atoms with Crippen molar-refractivity contribution in [2.75, 3.05) is 19.6 Å². The van der Waals surface area contributed by atoms with Crippen molar-refractivity contribution in [1.82, 2.24) is 20.2 Å². The van der Waals surface area contributed by atoms with E-state index in [1.807, 2.05) is 10.8 Å². The maximum atomic E-state index is 11.2. The molecule has 2 N–H and O–H groups in total. The second kappa shape index (κ2) is 6.62. The Labute approximate surface area is 88.9 Å². The van der Waals surface area contributed by atoms with Crippen molar-refractivity contribution < 1.29 is 4.79 Å². The summed E-state index contributed by atoms with van der Waals surface area (Å²) in [6, 6.07) is 0. The molecule has 0 saturated heterocycles. The third-order valence-electron chi connectivity index (χ3n) is 1.76. The zero-order valence-corrected chi connectivity index (χ0v) is 8.44. The molecule has 0 saturated carbocycles. The highest BCUT2D eigenvalue weighted by molar-refractivity contribution is 5.77. The molecule has 0 bridgehead atoms. The number of carbonyl (C=O) groups excluding carboxylic acids is 1. The van der Waals surface area contributed by atoms with E-state index in [-0.39, 0.29) is 12.5 Å². The monoisotopic (exact) mass is 206 g/mol. The van der Waals surface area contributed by atoms with Crippen LogP contribution in [0.1, 0.15) is 0 Å². The quantitative estimate of drug-likeness (QED) is 0.474. The van der Waals surface area contributed by atoms with Gasteiger partial charge in [-0.3, -0.25) is 10.1 Å². The van der Waals surface area contributed by atoms with Crippen molar-refractivity contribution in [3.8, 4) is 12.3 Å². The minimum absolute atomic E-state index is 0.0506. The van der Waals surface area contributed by atoms with Gasteiger partial charge in [0, 0.05) is 25.5 Å². The highest BCUT2D eigenvalue weighted by Gasteiger charge is 1.98. The van der Waals surface area contributed by atoms with Crippen molar-refractivity contribution in [2.45, 2.75) is 6.54 Å². The van der Waals surface area contributed by atoms with Gasteiger partial charge in [0.15, 0.2) is 0 Å². The smallest absolute Gasteiger partial charge is 0.234 e. The number of terminal acetylenes is 1. The van der Waals surface area contributed by atoms with Crippen molar-refractivity contribution in [1.29, 1.82) is 0 Å². The van der Waals surface area contributed by atoms with Gasteiger partial charge in [-0.1, -0.05) is 5.92 Å². The van der Waals surface area contributed by atoms with Crippen molar-refractivity contribution in [3.05, 3.63) is 18.7 Å². The van der Waals surface area contributed by atoms with Crippen LogP contribution in [0, 0.1) is 12.3 Å². The number of carbonyl (C=O) groups is 1. The first-order valence-corrected chi connectivity index (χ1v) is 4.69. The van der Waals surface area contributed by atoms with E-state index in [1.165, 1.54) is 0 Å². The molecule has 0 atom stereocenters. The molecule has 15 heavy (non-hydrogen) atoms.